The number of nitrogens with zero attached hydrogens (tertiary/aromatic N) is 2. The third-order valence-electron chi connectivity index (χ3n) is 6.96. The molecule has 7 heteroatoms. The summed E-state index contributed by atoms with van der Waals surface area (Å²) in [5.74, 6) is 2.43. The van der Waals surface area contributed by atoms with E-state index in [1.807, 2.05) is 48.5 Å². The van der Waals surface area contributed by atoms with Crippen LogP contribution in [-0.4, -0.2) is 55.5 Å². The van der Waals surface area contributed by atoms with Crippen LogP contribution in [0.25, 0.3) is 0 Å². The summed E-state index contributed by atoms with van der Waals surface area (Å²) in [5.41, 5.74) is 2.22. The van der Waals surface area contributed by atoms with Gasteiger partial charge in [-0.2, -0.15) is 0 Å². The molecule has 4 rings (SSSR count). The molecule has 1 aliphatic carbocycles. The summed E-state index contributed by atoms with van der Waals surface area (Å²) in [6.07, 6.45) is 3.07. The van der Waals surface area contributed by atoms with Gasteiger partial charge >= 0.3 is 0 Å². The molecule has 0 N–H and O–H groups in total. The Balaban J connectivity index is 1.46. The van der Waals surface area contributed by atoms with Crippen LogP contribution in [0.4, 0.5) is 0 Å². The molecular formula is C31H38N2O5. The number of rotatable bonds is 13. The fourth-order valence-electron chi connectivity index (χ4n) is 4.89. The molecule has 3 aromatic rings. The summed E-state index contributed by atoms with van der Waals surface area (Å²) in [7, 11) is 3.21. The Morgan fingerprint density at radius 2 is 1.74 bits per heavy atom. The number of carbonyl (C=O) groups is 2. The molecule has 0 radical (unpaired) electrons. The highest BCUT2D eigenvalue weighted by molar-refractivity contribution is 5.88. The van der Waals surface area contributed by atoms with Gasteiger partial charge in [0.15, 0.2) is 11.5 Å². The lowest BCUT2D eigenvalue weighted by atomic mass is 10.1. The van der Waals surface area contributed by atoms with Crippen molar-refractivity contribution in [1.29, 1.82) is 0 Å². The maximum absolute atomic E-state index is 13.7. The lowest BCUT2D eigenvalue weighted by Gasteiger charge is -2.29. The van der Waals surface area contributed by atoms with Crippen molar-refractivity contribution in [3.8, 4) is 11.5 Å². The minimum Gasteiger partial charge on any atom is -0.493 e. The average Bonchev–Trinajstić information content (AvgIpc) is 3.56. The van der Waals surface area contributed by atoms with Crippen molar-refractivity contribution in [3.05, 3.63) is 83.8 Å². The standard InChI is InChI=1S/C31H38N2O5/c1-22(2)19-33(31(35)27-18-26(27)24-9-6-5-7-10-24)21-30(34)32(20-25-11-8-16-38-25)15-14-23-12-13-28(36-3)29(17-23)37-4/h5-13,16-17,22,26-27H,14-15,18-21H2,1-4H3. The Bertz CT molecular complexity index is 1190. The van der Waals surface area contributed by atoms with Crippen molar-refractivity contribution >= 4 is 11.8 Å². The SMILES string of the molecule is COc1ccc(CCN(Cc2ccco2)C(=O)CN(CC(C)C)C(=O)C2CC2c2ccccc2)cc1OC. The third-order valence-corrected chi connectivity index (χ3v) is 6.96. The molecule has 0 spiro atoms. The van der Waals surface area contributed by atoms with Gasteiger partial charge in [-0.25, -0.2) is 0 Å². The molecule has 2 atom stereocenters. The van der Waals surface area contributed by atoms with Gasteiger partial charge in [0.25, 0.3) is 0 Å². The number of amides is 2. The smallest absolute Gasteiger partial charge is 0.242 e. The first-order chi connectivity index (χ1) is 18.4. The molecule has 0 saturated heterocycles. The molecule has 1 aliphatic rings. The summed E-state index contributed by atoms with van der Waals surface area (Å²) in [5, 5.41) is 0. The van der Waals surface area contributed by atoms with E-state index in [1.54, 1.807) is 30.3 Å². The van der Waals surface area contributed by atoms with Crippen LogP contribution in [0, 0.1) is 11.8 Å². The predicted octanol–water partition coefficient (Wildman–Crippen LogP) is 5.16. The minimum absolute atomic E-state index is 0.0572. The number of methoxy groups -OCH3 is 2. The molecule has 1 fully saturated rings. The number of benzene rings is 2. The van der Waals surface area contributed by atoms with Crippen molar-refractivity contribution in [2.24, 2.45) is 11.8 Å². The number of carbonyl (C=O) groups excluding carboxylic acids is 2. The molecule has 38 heavy (non-hydrogen) atoms. The van der Waals surface area contributed by atoms with Gasteiger partial charge < -0.3 is 23.7 Å². The van der Waals surface area contributed by atoms with Gasteiger partial charge in [0.2, 0.25) is 11.8 Å². The maximum Gasteiger partial charge on any atom is 0.242 e. The van der Waals surface area contributed by atoms with E-state index in [9.17, 15) is 9.59 Å². The average molecular weight is 519 g/mol. The molecule has 2 aromatic carbocycles. The Morgan fingerprint density at radius 3 is 2.39 bits per heavy atom. The number of ether oxygens (including phenoxy) is 2. The molecule has 2 amide bonds. The van der Waals surface area contributed by atoms with Crippen molar-refractivity contribution in [2.45, 2.75) is 39.2 Å². The van der Waals surface area contributed by atoms with Crippen molar-refractivity contribution < 1.29 is 23.5 Å². The quantitative estimate of drug-likeness (QED) is 0.313. The van der Waals surface area contributed by atoms with Crippen LogP contribution in [-0.2, 0) is 22.6 Å². The lowest BCUT2D eigenvalue weighted by molar-refractivity contribution is -0.142. The molecule has 0 bridgehead atoms. The highest BCUT2D eigenvalue weighted by Crippen LogP contribution is 2.48. The van der Waals surface area contributed by atoms with Gasteiger partial charge in [0, 0.05) is 19.0 Å². The molecule has 1 heterocycles. The predicted molar refractivity (Wildman–Crippen MR) is 146 cm³/mol. The van der Waals surface area contributed by atoms with E-state index in [4.69, 9.17) is 13.9 Å². The Labute approximate surface area is 225 Å². The largest absolute Gasteiger partial charge is 0.493 e. The van der Waals surface area contributed by atoms with E-state index in [0.29, 0.717) is 43.3 Å². The first-order valence-electron chi connectivity index (χ1n) is 13.2. The molecular weight excluding hydrogens is 480 g/mol. The summed E-state index contributed by atoms with van der Waals surface area (Å²) in [6, 6.07) is 19.6. The molecule has 0 aliphatic heterocycles. The molecule has 7 nitrogen and oxygen atoms in total. The second kappa shape index (κ2) is 12.7. The van der Waals surface area contributed by atoms with E-state index >= 15 is 0 Å². The van der Waals surface area contributed by atoms with Crippen LogP contribution in [0.15, 0.2) is 71.3 Å². The van der Waals surface area contributed by atoms with E-state index in [1.165, 1.54) is 5.56 Å². The zero-order valence-electron chi connectivity index (χ0n) is 22.8. The maximum atomic E-state index is 13.7. The monoisotopic (exact) mass is 518 g/mol. The second-order valence-electron chi connectivity index (χ2n) is 10.3. The first kappa shape index (κ1) is 27.3. The van der Waals surface area contributed by atoms with E-state index in [2.05, 4.69) is 26.0 Å². The fraction of sp³-hybridized carbons (Fsp3) is 0.419. The zero-order valence-corrected chi connectivity index (χ0v) is 22.8. The van der Waals surface area contributed by atoms with E-state index in [-0.39, 0.29) is 36.1 Å². The van der Waals surface area contributed by atoms with Gasteiger partial charge in [-0.15, -0.1) is 0 Å². The Kier molecular flexibility index (Phi) is 9.10. The van der Waals surface area contributed by atoms with Crippen LogP contribution < -0.4 is 9.47 Å². The summed E-state index contributed by atoms with van der Waals surface area (Å²) < 4.78 is 16.3. The molecule has 202 valence electrons. The topological polar surface area (TPSA) is 72.2 Å². The van der Waals surface area contributed by atoms with Gasteiger partial charge in [-0.05, 0) is 60.1 Å². The number of hydrogen-bond donors (Lipinski definition) is 0. The highest BCUT2D eigenvalue weighted by atomic mass is 16.5. The fourth-order valence-corrected chi connectivity index (χ4v) is 4.89. The third kappa shape index (κ3) is 6.97. The van der Waals surface area contributed by atoms with Crippen molar-refractivity contribution in [2.75, 3.05) is 33.9 Å². The van der Waals surface area contributed by atoms with Gasteiger partial charge in [0.1, 0.15) is 5.76 Å². The number of hydrogen-bond acceptors (Lipinski definition) is 5. The summed E-state index contributed by atoms with van der Waals surface area (Å²) >= 11 is 0. The van der Waals surface area contributed by atoms with Crippen LogP contribution in [0.3, 0.4) is 0 Å². The van der Waals surface area contributed by atoms with Crippen LogP contribution in [0.5, 0.6) is 11.5 Å². The second-order valence-corrected chi connectivity index (χ2v) is 10.3. The van der Waals surface area contributed by atoms with Crippen molar-refractivity contribution in [3.63, 3.8) is 0 Å². The Hall–Kier alpha value is -3.74. The van der Waals surface area contributed by atoms with Gasteiger partial charge in [-0.1, -0.05) is 50.2 Å². The normalized spacial score (nSPS) is 16.2. The minimum atomic E-state index is -0.0900. The van der Waals surface area contributed by atoms with Gasteiger partial charge in [-0.3, -0.25) is 9.59 Å². The first-order valence-corrected chi connectivity index (χ1v) is 13.2. The number of furan rings is 1. The van der Waals surface area contributed by atoms with Crippen LogP contribution in [0.2, 0.25) is 0 Å². The summed E-state index contributed by atoms with van der Waals surface area (Å²) in [4.78, 5) is 30.7. The Morgan fingerprint density at radius 1 is 0.974 bits per heavy atom. The molecule has 1 aromatic heterocycles. The molecule has 1 saturated carbocycles. The van der Waals surface area contributed by atoms with Gasteiger partial charge in [0.05, 0.1) is 33.6 Å². The van der Waals surface area contributed by atoms with Crippen LogP contribution in [0.1, 0.15) is 43.1 Å². The van der Waals surface area contributed by atoms with E-state index in [0.717, 1.165) is 12.0 Å². The highest BCUT2D eigenvalue weighted by Gasteiger charge is 2.46. The molecule has 2 unspecified atom stereocenters. The van der Waals surface area contributed by atoms with Crippen LogP contribution >= 0.6 is 0 Å². The van der Waals surface area contributed by atoms with Crippen molar-refractivity contribution in [1.82, 2.24) is 9.80 Å². The zero-order chi connectivity index (χ0) is 27.1. The summed E-state index contributed by atoms with van der Waals surface area (Å²) in [6.45, 7) is 5.58. The lowest BCUT2D eigenvalue weighted by Crippen LogP contribution is -2.45. The van der Waals surface area contributed by atoms with E-state index < -0.39 is 0 Å².